The summed E-state index contributed by atoms with van der Waals surface area (Å²) in [7, 11) is 0. The molecule has 3 rings (SSSR count). The minimum atomic E-state index is -0.271. The van der Waals surface area contributed by atoms with Gasteiger partial charge >= 0.3 is 0 Å². The molecule has 1 saturated heterocycles. The van der Waals surface area contributed by atoms with E-state index in [1.807, 2.05) is 13.0 Å². The van der Waals surface area contributed by atoms with Gasteiger partial charge in [0.25, 0.3) is 5.91 Å². The average Bonchev–Trinajstić information content (AvgIpc) is 3.13. The maximum atomic E-state index is 12.1. The Hall–Kier alpha value is -2.05. The van der Waals surface area contributed by atoms with Crippen LogP contribution in [0.3, 0.4) is 0 Å². The predicted octanol–water partition coefficient (Wildman–Crippen LogP) is 3.50. The van der Waals surface area contributed by atoms with Crippen LogP contribution in [0.4, 0.5) is 5.82 Å². The van der Waals surface area contributed by atoms with E-state index in [-0.39, 0.29) is 5.91 Å². The molecular weight excluding hydrogens is 375 g/mol. The minimum Gasteiger partial charge on any atom is -0.476 e. The number of halogens is 2. The number of nitrogens with one attached hydrogen (secondary N) is 1. The van der Waals surface area contributed by atoms with Gasteiger partial charge in [-0.3, -0.25) is 4.79 Å². The molecule has 1 aliphatic heterocycles. The summed E-state index contributed by atoms with van der Waals surface area (Å²) in [5, 5.41) is 3.57. The van der Waals surface area contributed by atoms with E-state index in [1.54, 1.807) is 12.1 Å². The number of nitrogens with zero attached hydrogens (tertiary/aromatic N) is 3. The van der Waals surface area contributed by atoms with Gasteiger partial charge in [-0.05, 0) is 38.0 Å². The third kappa shape index (κ3) is 4.77. The number of carbonyl (C=O) groups is 1. The molecule has 1 amide bonds. The molecule has 26 heavy (non-hydrogen) atoms. The fourth-order valence-electron chi connectivity index (χ4n) is 2.80. The van der Waals surface area contributed by atoms with Gasteiger partial charge in [-0.25, -0.2) is 4.98 Å². The largest absolute Gasteiger partial charge is 0.476 e. The number of rotatable bonds is 6. The summed E-state index contributed by atoms with van der Waals surface area (Å²) in [4.78, 5) is 23.1. The third-order valence-corrected chi connectivity index (χ3v) is 4.59. The first-order chi connectivity index (χ1) is 12.5. The number of aromatic nitrogens is 2. The topological polar surface area (TPSA) is 67.3 Å². The Kier molecular flexibility index (Phi) is 6.16. The number of benzene rings is 1. The van der Waals surface area contributed by atoms with E-state index in [2.05, 4.69) is 20.2 Å². The van der Waals surface area contributed by atoms with Crippen LogP contribution >= 0.6 is 23.2 Å². The van der Waals surface area contributed by atoms with Crippen LogP contribution in [-0.2, 0) is 0 Å². The smallest absolute Gasteiger partial charge is 0.252 e. The minimum absolute atomic E-state index is 0.271. The van der Waals surface area contributed by atoms with Crippen LogP contribution in [0, 0.1) is 6.92 Å². The van der Waals surface area contributed by atoms with Gasteiger partial charge in [0.2, 0.25) is 5.88 Å². The Labute approximate surface area is 162 Å². The van der Waals surface area contributed by atoms with E-state index in [9.17, 15) is 4.79 Å². The average molecular weight is 395 g/mol. The molecule has 138 valence electrons. The van der Waals surface area contributed by atoms with Gasteiger partial charge in [-0.1, -0.05) is 23.2 Å². The Morgan fingerprint density at radius 1 is 1.23 bits per heavy atom. The number of aryl methyl sites for hydroxylation is 1. The quantitative estimate of drug-likeness (QED) is 0.759. The maximum Gasteiger partial charge on any atom is 0.252 e. The van der Waals surface area contributed by atoms with Gasteiger partial charge in [-0.2, -0.15) is 4.98 Å². The molecule has 0 radical (unpaired) electrons. The molecule has 2 aromatic rings. The van der Waals surface area contributed by atoms with E-state index < -0.39 is 0 Å². The van der Waals surface area contributed by atoms with Gasteiger partial charge in [0.15, 0.2) is 0 Å². The maximum absolute atomic E-state index is 12.1. The summed E-state index contributed by atoms with van der Waals surface area (Å²) < 4.78 is 5.68. The van der Waals surface area contributed by atoms with Crippen LogP contribution in [0.5, 0.6) is 5.88 Å². The van der Waals surface area contributed by atoms with Crippen LogP contribution < -0.4 is 15.0 Å². The van der Waals surface area contributed by atoms with Crippen molar-refractivity contribution in [1.82, 2.24) is 15.3 Å². The second-order valence-electron chi connectivity index (χ2n) is 6.03. The fraction of sp³-hybridized carbons (Fsp3) is 0.389. The van der Waals surface area contributed by atoms with Gasteiger partial charge in [0.1, 0.15) is 18.2 Å². The lowest BCUT2D eigenvalue weighted by Crippen LogP contribution is -2.28. The zero-order chi connectivity index (χ0) is 18.5. The third-order valence-electron chi connectivity index (χ3n) is 4.04. The van der Waals surface area contributed by atoms with Gasteiger partial charge in [0.05, 0.1) is 17.1 Å². The van der Waals surface area contributed by atoms with Crippen molar-refractivity contribution in [1.29, 1.82) is 0 Å². The molecule has 0 atom stereocenters. The lowest BCUT2D eigenvalue weighted by atomic mass is 10.2. The molecular formula is C18H20Cl2N4O2. The molecule has 0 aliphatic carbocycles. The number of amides is 1. The van der Waals surface area contributed by atoms with Gasteiger partial charge < -0.3 is 15.0 Å². The number of carbonyl (C=O) groups excluding carboxylic acids is 1. The predicted molar refractivity (Wildman–Crippen MR) is 103 cm³/mol. The Bertz CT molecular complexity index is 795. The van der Waals surface area contributed by atoms with Gasteiger partial charge in [0, 0.05) is 24.2 Å². The summed E-state index contributed by atoms with van der Waals surface area (Å²) in [5.74, 6) is 1.80. The zero-order valence-corrected chi connectivity index (χ0v) is 16.0. The fourth-order valence-corrected chi connectivity index (χ4v) is 3.29. The molecule has 1 aliphatic rings. The van der Waals surface area contributed by atoms with Crippen LogP contribution in [0.25, 0.3) is 0 Å². The van der Waals surface area contributed by atoms with Gasteiger partial charge in [-0.15, -0.1) is 0 Å². The van der Waals surface area contributed by atoms with Crippen molar-refractivity contribution in [3.8, 4) is 5.88 Å². The van der Waals surface area contributed by atoms with Crippen LogP contribution in [0.1, 0.15) is 29.0 Å². The van der Waals surface area contributed by atoms with Crippen molar-refractivity contribution in [2.24, 2.45) is 0 Å². The summed E-state index contributed by atoms with van der Waals surface area (Å²) in [6.07, 6.45) is 2.36. The van der Waals surface area contributed by atoms with Crippen molar-refractivity contribution < 1.29 is 9.53 Å². The monoisotopic (exact) mass is 394 g/mol. The van der Waals surface area contributed by atoms with Crippen molar-refractivity contribution >= 4 is 34.9 Å². The SMILES string of the molecule is Cc1nc(OCCNC(=O)c2ccc(Cl)cc2Cl)cc(N2CCCC2)n1. The van der Waals surface area contributed by atoms with Crippen molar-refractivity contribution in [3.05, 3.63) is 45.7 Å². The molecule has 0 bridgehead atoms. The first-order valence-corrected chi connectivity index (χ1v) is 9.25. The van der Waals surface area contributed by atoms with Crippen molar-refractivity contribution in [3.63, 3.8) is 0 Å². The lowest BCUT2D eigenvalue weighted by molar-refractivity contribution is 0.0946. The number of hydrogen-bond donors (Lipinski definition) is 1. The van der Waals surface area contributed by atoms with E-state index >= 15 is 0 Å². The highest BCUT2D eigenvalue weighted by Crippen LogP contribution is 2.22. The van der Waals surface area contributed by atoms with Crippen LogP contribution in [0.2, 0.25) is 10.0 Å². The summed E-state index contributed by atoms with van der Waals surface area (Å²) in [6.45, 7) is 4.49. The molecule has 1 N–H and O–H groups in total. The summed E-state index contributed by atoms with van der Waals surface area (Å²) >= 11 is 11.9. The number of hydrogen-bond acceptors (Lipinski definition) is 5. The highest BCUT2D eigenvalue weighted by molar-refractivity contribution is 6.36. The molecule has 8 heteroatoms. The molecule has 1 fully saturated rings. The Morgan fingerprint density at radius 2 is 2.00 bits per heavy atom. The number of ether oxygens (including phenoxy) is 1. The molecule has 1 aromatic heterocycles. The van der Waals surface area contributed by atoms with E-state index in [1.165, 1.54) is 18.9 Å². The first kappa shape index (κ1) is 18.7. The normalized spacial score (nSPS) is 13.7. The second-order valence-corrected chi connectivity index (χ2v) is 6.88. The highest BCUT2D eigenvalue weighted by atomic mass is 35.5. The van der Waals surface area contributed by atoms with E-state index in [0.717, 1.165) is 18.9 Å². The van der Waals surface area contributed by atoms with Crippen LogP contribution in [-0.4, -0.2) is 42.1 Å². The molecule has 2 heterocycles. The summed E-state index contributed by atoms with van der Waals surface area (Å²) in [5.41, 5.74) is 0.380. The molecule has 1 aromatic carbocycles. The standard InChI is InChI=1S/C18H20Cl2N4O2/c1-12-22-16(24-7-2-3-8-24)11-17(23-12)26-9-6-21-18(25)14-5-4-13(19)10-15(14)20/h4-5,10-11H,2-3,6-9H2,1H3,(H,21,25). The molecule has 0 unspecified atom stereocenters. The van der Waals surface area contributed by atoms with Crippen molar-refractivity contribution in [2.75, 3.05) is 31.1 Å². The molecule has 0 saturated carbocycles. The summed E-state index contributed by atoms with van der Waals surface area (Å²) in [6, 6.07) is 6.60. The van der Waals surface area contributed by atoms with Crippen molar-refractivity contribution in [2.45, 2.75) is 19.8 Å². The highest BCUT2D eigenvalue weighted by Gasteiger charge is 2.15. The number of anilines is 1. The first-order valence-electron chi connectivity index (χ1n) is 8.49. The Morgan fingerprint density at radius 3 is 2.73 bits per heavy atom. The van der Waals surface area contributed by atoms with E-state index in [4.69, 9.17) is 27.9 Å². The van der Waals surface area contributed by atoms with E-state index in [0.29, 0.717) is 40.5 Å². The molecule has 6 nitrogen and oxygen atoms in total. The molecule has 0 spiro atoms. The zero-order valence-electron chi connectivity index (χ0n) is 14.5. The lowest BCUT2D eigenvalue weighted by Gasteiger charge is -2.17. The second kappa shape index (κ2) is 8.56. The van der Waals surface area contributed by atoms with Crippen LogP contribution in [0.15, 0.2) is 24.3 Å². The Balaban J connectivity index is 1.52.